The van der Waals surface area contributed by atoms with Crippen LogP contribution < -0.4 is 5.32 Å². The van der Waals surface area contributed by atoms with Gasteiger partial charge in [-0.15, -0.1) is 0 Å². The molecule has 0 bridgehead atoms. The smallest absolute Gasteiger partial charge is 0.254 e. The molecule has 1 fully saturated rings. The Bertz CT molecular complexity index is 432. The Morgan fingerprint density at radius 3 is 2.72 bits per heavy atom. The quantitative estimate of drug-likeness (QED) is 0.931. The number of nitrogens with one attached hydrogen (secondary N) is 1. The fourth-order valence-corrected chi connectivity index (χ4v) is 2.95. The van der Waals surface area contributed by atoms with E-state index < -0.39 is 0 Å². The van der Waals surface area contributed by atoms with Crippen molar-refractivity contribution in [3.05, 3.63) is 34.3 Å². The summed E-state index contributed by atoms with van der Waals surface area (Å²) in [6.07, 6.45) is 2.15. The van der Waals surface area contributed by atoms with Crippen LogP contribution in [0.1, 0.15) is 30.1 Å². The molecule has 0 aromatic heterocycles. The van der Waals surface area contributed by atoms with E-state index in [1.165, 1.54) is 0 Å². The number of halogens is 1. The van der Waals surface area contributed by atoms with Crippen molar-refractivity contribution in [3.8, 4) is 0 Å². The Labute approximate surface area is 117 Å². The lowest BCUT2D eigenvalue weighted by Crippen LogP contribution is -2.50. The van der Waals surface area contributed by atoms with Crippen LogP contribution in [0.2, 0.25) is 0 Å². The molecule has 1 unspecified atom stereocenters. The maximum absolute atomic E-state index is 12.5. The second-order valence-electron chi connectivity index (χ2n) is 5.09. The predicted octanol–water partition coefficient (Wildman–Crippen LogP) is 2.66. The first kappa shape index (κ1) is 13.6. The molecule has 1 amide bonds. The highest BCUT2D eigenvalue weighted by Gasteiger charge is 2.39. The Morgan fingerprint density at radius 2 is 2.11 bits per heavy atom. The Hall–Kier alpha value is -0.870. The summed E-state index contributed by atoms with van der Waals surface area (Å²) in [5, 5.41) is 3.19. The number of carbonyl (C=O) groups is 1. The predicted molar refractivity (Wildman–Crippen MR) is 76.7 cm³/mol. The lowest BCUT2D eigenvalue weighted by atomic mass is 9.98. The molecule has 1 aromatic rings. The fourth-order valence-electron chi connectivity index (χ4n) is 2.68. The second-order valence-corrected chi connectivity index (χ2v) is 6.01. The third-order valence-electron chi connectivity index (χ3n) is 3.64. The monoisotopic (exact) mass is 310 g/mol. The highest BCUT2D eigenvalue weighted by atomic mass is 79.9. The van der Waals surface area contributed by atoms with Crippen LogP contribution in [0, 0.1) is 0 Å². The summed E-state index contributed by atoms with van der Waals surface area (Å²) in [6, 6.07) is 7.59. The molecule has 98 valence electrons. The van der Waals surface area contributed by atoms with Gasteiger partial charge in [0.05, 0.1) is 5.54 Å². The lowest BCUT2D eigenvalue weighted by molar-refractivity contribution is 0.0626. The van der Waals surface area contributed by atoms with Gasteiger partial charge in [-0.25, -0.2) is 0 Å². The molecule has 2 rings (SSSR count). The van der Waals surface area contributed by atoms with Gasteiger partial charge in [-0.2, -0.15) is 0 Å². The third kappa shape index (κ3) is 2.59. The third-order valence-corrected chi connectivity index (χ3v) is 4.17. The van der Waals surface area contributed by atoms with Gasteiger partial charge in [-0.1, -0.05) is 15.9 Å². The fraction of sp³-hybridized carbons (Fsp3) is 0.500. The van der Waals surface area contributed by atoms with Gasteiger partial charge in [0.2, 0.25) is 0 Å². The number of carbonyl (C=O) groups excluding carboxylic acids is 1. The first-order valence-corrected chi connectivity index (χ1v) is 7.08. The van der Waals surface area contributed by atoms with Gasteiger partial charge >= 0.3 is 0 Å². The summed E-state index contributed by atoms with van der Waals surface area (Å²) in [6.45, 7) is 3.86. The van der Waals surface area contributed by atoms with E-state index in [0.717, 1.165) is 36.0 Å². The number of hydrogen-bond donors (Lipinski definition) is 1. The molecule has 0 radical (unpaired) electrons. The van der Waals surface area contributed by atoms with Gasteiger partial charge in [-0.05, 0) is 51.1 Å². The van der Waals surface area contributed by atoms with Crippen molar-refractivity contribution in [1.29, 1.82) is 0 Å². The Balaban J connectivity index is 2.20. The molecule has 0 spiro atoms. The number of rotatable bonds is 3. The summed E-state index contributed by atoms with van der Waals surface area (Å²) in [5.41, 5.74) is 0.709. The van der Waals surface area contributed by atoms with Gasteiger partial charge < -0.3 is 10.2 Å². The zero-order valence-electron chi connectivity index (χ0n) is 10.9. The van der Waals surface area contributed by atoms with Crippen LogP contribution in [-0.2, 0) is 0 Å². The Kier molecular flexibility index (Phi) is 4.07. The van der Waals surface area contributed by atoms with Crippen molar-refractivity contribution in [3.63, 3.8) is 0 Å². The van der Waals surface area contributed by atoms with E-state index in [1.54, 1.807) is 0 Å². The Morgan fingerprint density at radius 1 is 1.44 bits per heavy atom. The second kappa shape index (κ2) is 5.41. The van der Waals surface area contributed by atoms with Crippen LogP contribution in [0.4, 0.5) is 0 Å². The number of amides is 1. The van der Waals surface area contributed by atoms with E-state index in [9.17, 15) is 4.79 Å². The minimum absolute atomic E-state index is 0.0566. The normalized spacial score (nSPS) is 23.4. The first-order chi connectivity index (χ1) is 8.57. The highest BCUT2D eigenvalue weighted by molar-refractivity contribution is 9.10. The molecule has 1 N–H and O–H groups in total. The molecule has 1 aromatic carbocycles. The molecule has 1 saturated heterocycles. The standard InChI is InChI=1S/C14H19BrN2O/c1-14(10-16-2)8-3-9-17(14)13(18)11-4-6-12(15)7-5-11/h4-7,16H,3,8-10H2,1-2H3. The maximum atomic E-state index is 12.5. The van der Waals surface area contributed by atoms with Crippen molar-refractivity contribution < 1.29 is 4.79 Å². The summed E-state index contributed by atoms with van der Waals surface area (Å²) in [4.78, 5) is 14.5. The molecular formula is C14H19BrN2O. The molecule has 3 nitrogen and oxygen atoms in total. The minimum atomic E-state index is -0.0566. The average Bonchev–Trinajstić information content (AvgIpc) is 2.71. The molecule has 1 aliphatic rings. The minimum Gasteiger partial charge on any atom is -0.332 e. The van der Waals surface area contributed by atoms with Crippen molar-refractivity contribution in [2.24, 2.45) is 0 Å². The van der Waals surface area contributed by atoms with E-state index in [4.69, 9.17) is 0 Å². The van der Waals surface area contributed by atoms with Gasteiger partial charge in [0.25, 0.3) is 5.91 Å². The lowest BCUT2D eigenvalue weighted by Gasteiger charge is -2.35. The number of likely N-dealkylation sites (tertiary alicyclic amines) is 1. The van der Waals surface area contributed by atoms with Crippen LogP contribution in [-0.4, -0.2) is 36.5 Å². The summed E-state index contributed by atoms with van der Waals surface area (Å²) >= 11 is 3.39. The molecule has 4 heteroatoms. The first-order valence-electron chi connectivity index (χ1n) is 6.29. The van der Waals surface area contributed by atoms with Crippen LogP contribution >= 0.6 is 15.9 Å². The summed E-state index contributed by atoms with van der Waals surface area (Å²) in [5.74, 6) is 0.137. The summed E-state index contributed by atoms with van der Waals surface area (Å²) in [7, 11) is 1.94. The SMILES string of the molecule is CNCC1(C)CCCN1C(=O)c1ccc(Br)cc1. The van der Waals surface area contributed by atoms with Gasteiger partial charge in [0.1, 0.15) is 0 Å². The average molecular weight is 311 g/mol. The molecule has 1 atom stereocenters. The molecule has 1 heterocycles. The molecule has 0 saturated carbocycles. The van der Waals surface area contributed by atoms with Gasteiger partial charge in [-0.3, -0.25) is 4.79 Å². The van der Waals surface area contributed by atoms with Crippen LogP contribution in [0.15, 0.2) is 28.7 Å². The van der Waals surface area contributed by atoms with Crippen LogP contribution in [0.5, 0.6) is 0 Å². The maximum Gasteiger partial charge on any atom is 0.254 e. The van der Waals surface area contributed by atoms with Gasteiger partial charge in [0, 0.05) is 23.1 Å². The zero-order valence-corrected chi connectivity index (χ0v) is 12.5. The van der Waals surface area contributed by atoms with Crippen molar-refractivity contribution in [1.82, 2.24) is 10.2 Å². The van der Waals surface area contributed by atoms with Crippen LogP contribution in [0.25, 0.3) is 0 Å². The zero-order chi connectivity index (χ0) is 13.2. The molecule has 1 aliphatic heterocycles. The van der Waals surface area contributed by atoms with E-state index in [0.29, 0.717) is 0 Å². The number of benzene rings is 1. The van der Waals surface area contributed by atoms with E-state index in [2.05, 4.69) is 28.2 Å². The number of nitrogens with zero attached hydrogens (tertiary/aromatic N) is 1. The van der Waals surface area contributed by atoms with Crippen molar-refractivity contribution in [2.45, 2.75) is 25.3 Å². The molecule has 18 heavy (non-hydrogen) atoms. The van der Waals surface area contributed by atoms with E-state index in [-0.39, 0.29) is 11.4 Å². The number of likely N-dealkylation sites (N-methyl/N-ethyl adjacent to an activating group) is 1. The summed E-state index contributed by atoms with van der Waals surface area (Å²) < 4.78 is 0.999. The topological polar surface area (TPSA) is 32.3 Å². The van der Waals surface area contributed by atoms with Crippen LogP contribution in [0.3, 0.4) is 0 Å². The van der Waals surface area contributed by atoms with Crippen molar-refractivity contribution in [2.75, 3.05) is 20.1 Å². The highest BCUT2D eigenvalue weighted by Crippen LogP contribution is 2.30. The van der Waals surface area contributed by atoms with Gasteiger partial charge in [0.15, 0.2) is 0 Å². The number of hydrogen-bond acceptors (Lipinski definition) is 2. The van der Waals surface area contributed by atoms with E-state index >= 15 is 0 Å². The van der Waals surface area contributed by atoms with Crippen molar-refractivity contribution >= 4 is 21.8 Å². The molecule has 0 aliphatic carbocycles. The largest absolute Gasteiger partial charge is 0.332 e. The van der Waals surface area contributed by atoms with E-state index in [1.807, 2.05) is 36.2 Å². The molecular weight excluding hydrogens is 292 g/mol.